The third-order valence-corrected chi connectivity index (χ3v) is 3.89. The minimum atomic E-state index is -0.960. The van der Waals surface area contributed by atoms with Crippen LogP contribution in [0, 0.1) is 12.7 Å². The van der Waals surface area contributed by atoms with Crippen molar-refractivity contribution in [3.8, 4) is 0 Å². The zero-order valence-corrected chi connectivity index (χ0v) is 12.7. The lowest BCUT2D eigenvalue weighted by molar-refractivity contribution is 0.102. The van der Waals surface area contributed by atoms with E-state index in [1.165, 1.54) is 18.2 Å². The predicted octanol–water partition coefficient (Wildman–Crippen LogP) is 3.26. The molecule has 0 radical (unpaired) electrons. The molecule has 0 saturated carbocycles. The number of anilines is 1. The summed E-state index contributed by atoms with van der Waals surface area (Å²) in [5, 5.41) is 2.70. The summed E-state index contributed by atoms with van der Waals surface area (Å²) in [5.41, 5.74) is 2.35. The van der Waals surface area contributed by atoms with Crippen molar-refractivity contribution in [2.24, 2.45) is 0 Å². The van der Waals surface area contributed by atoms with E-state index in [1.54, 1.807) is 24.5 Å². The van der Waals surface area contributed by atoms with Gasteiger partial charge in [-0.05, 0) is 36.2 Å². The van der Waals surface area contributed by atoms with Crippen LogP contribution in [0.15, 0.2) is 42.5 Å². The lowest BCUT2D eigenvalue weighted by Gasteiger charge is -2.12. The summed E-state index contributed by atoms with van der Waals surface area (Å²) in [6.45, 7) is 1.85. The fourth-order valence-corrected chi connectivity index (χ4v) is 2.78. The minimum absolute atomic E-state index is 0.00127. The maximum Gasteiger partial charge on any atom is 0.258 e. The second-order valence-corrected chi connectivity index (χ2v) is 6.18. The van der Waals surface area contributed by atoms with E-state index in [0.717, 1.165) is 11.1 Å². The summed E-state index contributed by atoms with van der Waals surface area (Å²) in [7, 11) is -0.960. The molecule has 110 valence electrons. The number of nitrogens with one attached hydrogen (secondary N) is 1. The van der Waals surface area contributed by atoms with E-state index in [1.807, 2.05) is 13.0 Å². The Morgan fingerprint density at radius 3 is 2.57 bits per heavy atom. The van der Waals surface area contributed by atoms with Crippen LogP contribution in [0.4, 0.5) is 10.1 Å². The fourth-order valence-electron chi connectivity index (χ4n) is 2.03. The van der Waals surface area contributed by atoms with E-state index in [0.29, 0.717) is 11.4 Å². The molecule has 21 heavy (non-hydrogen) atoms. The van der Waals surface area contributed by atoms with Crippen molar-refractivity contribution in [3.63, 3.8) is 0 Å². The van der Waals surface area contributed by atoms with Gasteiger partial charge < -0.3 is 5.32 Å². The summed E-state index contributed by atoms with van der Waals surface area (Å²) in [4.78, 5) is 12.1. The zero-order chi connectivity index (χ0) is 15.4. The Labute approximate surface area is 125 Å². The molecule has 2 rings (SSSR count). The average molecular weight is 305 g/mol. The van der Waals surface area contributed by atoms with Crippen molar-refractivity contribution in [2.45, 2.75) is 12.7 Å². The second kappa shape index (κ2) is 6.63. The molecule has 1 unspecified atom stereocenters. The molecule has 1 amide bonds. The van der Waals surface area contributed by atoms with E-state index in [2.05, 4.69) is 5.32 Å². The molecule has 2 aromatic carbocycles. The van der Waals surface area contributed by atoms with Gasteiger partial charge in [-0.25, -0.2) is 4.39 Å². The molecule has 0 aliphatic heterocycles. The largest absolute Gasteiger partial charge is 0.322 e. The van der Waals surface area contributed by atoms with Crippen molar-refractivity contribution in [1.82, 2.24) is 0 Å². The highest BCUT2D eigenvalue weighted by molar-refractivity contribution is 7.83. The number of rotatable bonds is 4. The third kappa shape index (κ3) is 3.76. The molecule has 0 aliphatic rings. The molecule has 0 aromatic heterocycles. The number of hydrogen-bond acceptors (Lipinski definition) is 2. The molecule has 2 aromatic rings. The van der Waals surface area contributed by atoms with Gasteiger partial charge in [-0.1, -0.05) is 24.3 Å². The number of carbonyl (C=O) groups is 1. The fraction of sp³-hybridized carbons (Fsp3) is 0.188. The smallest absolute Gasteiger partial charge is 0.258 e. The molecule has 0 saturated heterocycles. The van der Waals surface area contributed by atoms with Crippen LogP contribution in [0.2, 0.25) is 0 Å². The standard InChI is InChI=1S/C16H16FNO2S/c1-11-12(10-21(2)20)6-5-9-15(11)18-16(19)13-7-3-4-8-14(13)17/h3-9H,10H2,1-2H3,(H,18,19). The number of benzene rings is 2. The number of carbonyl (C=O) groups excluding carboxylic acids is 1. The molecule has 0 aliphatic carbocycles. The Kier molecular flexibility index (Phi) is 4.85. The first-order chi connectivity index (χ1) is 9.99. The molecular formula is C16H16FNO2S. The Balaban J connectivity index is 2.26. The molecule has 5 heteroatoms. The number of amides is 1. The van der Waals surface area contributed by atoms with Crippen LogP contribution in [0.5, 0.6) is 0 Å². The Bertz CT molecular complexity index is 700. The Morgan fingerprint density at radius 2 is 1.90 bits per heavy atom. The van der Waals surface area contributed by atoms with Gasteiger partial charge in [-0.3, -0.25) is 9.00 Å². The summed E-state index contributed by atoms with van der Waals surface area (Å²) < 4.78 is 24.9. The van der Waals surface area contributed by atoms with Crippen LogP contribution in [-0.2, 0) is 16.6 Å². The summed E-state index contributed by atoms with van der Waals surface area (Å²) in [5.74, 6) is -0.626. The van der Waals surface area contributed by atoms with Gasteiger partial charge in [0.15, 0.2) is 0 Å². The van der Waals surface area contributed by atoms with E-state index >= 15 is 0 Å². The van der Waals surface area contributed by atoms with Crippen LogP contribution < -0.4 is 5.32 Å². The molecule has 1 atom stereocenters. The van der Waals surface area contributed by atoms with Crippen molar-refractivity contribution >= 4 is 22.4 Å². The molecular weight excluding hydrogens is 289 g/mol. The van der Waals surface area contributed by atoms with Crippen LogP contribution in [0.3, 0.4) is 0 Å². The van der Waals surface area contributed by atoms with Gasteiger partial charge >= 0.3 is 0 Å². The zero-order valence-electron chi connectivity index (χ0n) is 11.9. The summed E-state index contributed by atoms with van der Waals surface area (Å²) in [6.07, 6.45) is 1.63. The number of hydrogen-bond donors (Lipinski definition) is 1. The van der Waals surface area contributed by atoms with Crippen LogP contribution in [0.25, 0.3) is 0 Å². The maximum absolute atomic E-state index is 13.6. The van der Waals surface area contributed by atoms with Gasteiger partial charge in [0, 0.05) is 28.5 Å². The quantitative estimate of drug-likeness (QED) is 0.942. The molecule has 0 heterocycles. The van der Waals surface area contributed by atoms with Crippen molar-refractivity contribution in [2.75, 3.05) is 11.6 Å². The highest BCUT2D eigenvalue weighted by Gasteiger charge is 2.13. The van der Waals surface area contributed by atoms with Crippen LogP contribution in [-0.4, -0.2) is 16.4 Å². The molecule has 3 nitrogen and oxygen atoms in total. The summed E-state index contributed by atoms with van der Waals surface area (Å²) >= 11 is 0. The predicted molar refractivity (Wildman–Crippen MR) is 83.3 cm³/mol. The highest BCUT2D eigenvalue weighted by atomic mass is 32.2. The first kappa shape index (κ1) is 15.4. The van der Waals surface area contributed by atoms with Crippen LogP contribution in [0.1, 0.15) is 21.5 Å². The van der Waals surface area contributed by atoms with E-state index < -0.39 is 22.5 Å². The first-order valence-corrected chi connectivity index (χ1v) is 8.16. The van der Waals surface area contributed by atoms with Crippen LogP contribution >= 0.6 is 0 Å². The first-order valence-electron chi connectivity index (χ1n) is 6.43. The molecule has 1 N–H and O–H groups in total. The second-order valence-electron chi connectivity index (χ2n) is 4.74. The lowest BCUT2D eigenvalue weighted by Crippen LogP contribution is -2.15. The topological polar surface area (TPSA) is 46.2 Å². The van der Waals surface area contributed by atoms with Gasteiger partial charge in [0.05, 0.1) is 5.56 Å². The lowest BCUT2D eigenvalue weighted by atomic mass is 10.1. The van der Waals surface area contributed by atoms with E-state index in [4.69, 9.17) is 0 Å². The maximum atomic E-state index is 13.6. The monoisotopic (exact) mass is 305 g/mol. The number of halogens is 1. The Morgan fingerprint density at radius 1 is 1.19 bits per heavy atom. The third-order valence-electron chi connectivity index (χ3n) is 3.17. The van der Waals surface area contributed by atoms with Gasteiger partial charge in [-0.2, -0.15) is 0 Å². The molecule has 0 bridgehead atoms. The van der Waals surface area contributed by atoms with Crippen molar-refractivity contribution in [3.05, 3.63) is 65.0 Å². The van der Waals surface area contributed by atoms with Gasteiger partial charge in [0.1, 0.15) is 5.82 Å². The Hall–Kier alpha value is -2.01. The van der Waals surface area contributed by atoms with Crippen molar-refractivity contribution in [1.29, 1.82) is 0 Å². The van der Waals surface area contributed by atoms with Gasteiger partial charge in [0.2, 0.25) is 0 Å². The van der Waals surface area contributed by atoms with Gasteiger partial charge in [-0.15, -0.1) is 0 Å². The van der Waals surface area contributed by atoms with Crippen molar-refractivity contribution < 1.29 is 13.4 Å². The van der Waals surface area contributed by atoms with E-state index in [-0.39, 0.29) is 5.56 Å². The molecule has 0 fully saturated rings. The SMILES string of the molecule is Cc1c(CS(C)=O)cccc1NC(=O)c1ccccc1F. The van der Waals surface area contributed by atoms with E-state index in [9.17, 15) is 13.4 Å². The molecule has 0 spiro atoms. The van der Waals surface area contributed by atoms with Gasteiger partial charge in [0.25, 0.3) is 5.91 Å². The average Bonchev–Trinajstić information content (AvgIpc) is 2.43. The highest BCUT2D eigenvalue weighted by Crippen LogP contribution is 2.21. The normalized spacial score (nSPS) is 12.0. The minimum Gasteiger partial charge on any atom is -0.322 e. The summed E-state index contributed by atoms with van der Waals surface area (Å²) in [6, 6.07) is 11.2.